The fraction of sp³-hybridized carbons (Fsp3) is 0.889. The first-order chi connectivity index (χ1) is 5.65. The molecule has 2 aliphatic rings. The summed E-state index contributed by atoms with van der Waals surface area (Å²) >= 11 is 0. The maximum Gasteiger partial charge on any atom is 0.219 e. The number of rotatable bonds is 1. The summed E-state index contributed by atoms with van der Waals surface area (Å²) in [6.07, 6.45) is 2.24. The van der Waals surface area contributed by atoms with Crippen LogP contribution in [0.15, 0.2) is 0 Å². The molecule has 12 heavy (non-hydrogen) atoms. The van der Waals surface area contributed by atoms with Crippen LogP contribution in [0.1, 0.15) is 19.8 Å². The van der Waals surface area contributed by atoms with Gasteiger partial charge in [-0.2, -0.15) is 0 Å². The molecule has 2 rings (SSSR count). The lowest BCUT2D eigenvalue weighted by atomic mass is 9.58. The molecule has 68 valence electrons. The average Bonchev–Trinajstić information content (AvgIpc) is 1.81. The van der Waals surface area contributed by atoms with Crippen LogP contribution in [0.25, 0.3) is 0 Å². The minimum absolute atomic E-state index is 0.188. The molecular formula is C9H15NO2. The molecule has 0 unspecified atom stereocenters. The van der Waals surface area contributed by atoms with E-state index in [2.05, 4.69) is 0 Å². The Hall–Kier alpha value is -0.570. The normalized spacial score (nSPS) is 26.7. The van der Waals surface area contributed by atoms with Crippen molar-refractivity contribution in [3.63, 3.8) is 0 Å². The van der Waals surface area contributed by atoms with E-state index in [0.29, 0.717) is 17.9 Å². The van der Waals surface area contributed by atoms with E-state index in [-0.39, 0.29) is 5.91 Å². The molecule has 1 heterocycles. The maximum absolute atomic E-state index is 10.9. The van der Waals surface area contributed by atoms with Gasteiger partial charge < -0.3 is 10.0 Å². The van der Waals surface area contributed by atoms with Crippen LogP contribution in [0.5, 0.6) is 0 Å². The minimum atomic E-state index is 0.188. The Morgan fingerprint density at radius 1 is 1.58 bits per heavy atom. The number of hydrogen-bond acceptors (Lipinski definition) is 2. The van der Waals surface area contributed by atoms with Crippen molar-refractivity contribution in [2.24, 2.45) is 11.3 Å². The standard InChI is InChI=1S/C9H15NO2/c1-7(12)10-5-9(6-10)2-8(3-9)4-11/h8,11H,2-6H2,1H3. The zero-order chi connectivity index (χ0) is 8.77. The number of carbonyl (C=O) groups is 1. The molecule has 1 amide bonds. The van der Waals surface area contributed by atoms with Gasteiger partial charge in [0.05, 0.1) is 0 Å². The first-order valence-electron chi connectivity index (χ1n) is 4.52. The van der Waals surface area contributed by atoms with Crippen LogP contribution in [-0.2, 0) is 4.79 Å². The van der Waals surface area contributed by atoms with Gasteiger partial charge in [-0.3, -0.25) is 4.79 Å². The van der Waals surface area contributed by atoms with Crippen molar-refractivity contribution in [2.45, 2.75) is 19.8 Å². The highest BCUT2D eigenvalue weighted by Crippen LogP contribution is 2.51. The first kappa shape index (κ1) is 8.05. The predicted molar refractivity (Wildman–Crippen MR) is 44.5 cm³/mol. The quantitative estimate of drug-likeness (QED) is 0.610. The Kier molecular flexibility index (Phi) is 1.65. The third-order valence-corrected chi connectivity index (χ3v) is 3.20. The lowest BCUT2D eigenvalue weighted by molar-refractivity contribution is -0.154. The van der Waals surface area contributed by atoms with E-state index in [4.69, 9.17) is 5.11 Å². The fourth-order valence-electron chi connectivity index (χ4n) is 2.54. The highest BCUT2D eigenvalue weighted by molar-refractivity contribution is 5.74. The molecule has 0 bridgehead atoms. The molecule has 3 nitrogen and oxygen atoms in total. The van der Waals surface area contributed by atoms with Crippen LogP contribution in [0, 0.1) is 11.3 Å². The summed E-state index contributed by atoms with van der Waals surface area (Å²) in [5, 5.41) is 8.83. The fourth-order valence-corrected chi connectivity index (χ4v) is 2.54. The van der Waals surface area contributed by atoms with Crippen molar-refractivity contribution >= 4 is 5.91 Å². The molecule has 0 radical (unpaired) electrons. The van der Waals surface area contributed by atoms with Crippen LogP contribution >= 0.6 is 0 Å². The van der Waals surface area contributed by atoms with Crippen LogP contribution < -0.4 is 0 Å². The molecule has 0 aromatic carbocycles. The molecule has 1 N–H and O–H groups in total. The van der Waals surface area contributed by atoms with Gasteiger partial charge in [-0.25, -0.2) is 0 Å². The highest BCUT2D eigenvalue weighted by Gasteiger charge is 2.52. The zero-order valence-corrected chi connectivity index (χ0v) is 7.42. The molecule has 1 aliphatic carbocycles. The Morgan fingerprint density at radius 3 is 2.58 bits per heavy atom. The maximum atomic E-state index is 10.9. The SMILES string of the molecule is CC(=O)N1CC2(CC(CO)C2)C1. The van der Waals surface area contributed by atoms with E-state index in [1.807, 2.05) is 4.90 Å². The Balaban J connectivity index is 1.79. The molecule has 0 aromatic rings. The van der Waals surface area contributed by atoms with Gasteiger partial charge >= 0.3 is 0 Å². The number of amides is 1. The van der Waals surface area contributed by atoms with Crippen molar-refractivity contribution in [2.75, 3.05) is 19.7 Å². The van der Waals surface area contributed by atoms with E-state index in [9.17, 15) is 4.79 Å². The topological polar surface area (TPSA) is 40.5 Å². The van der Waals surface area contributed by atoms with Gasteiger partial charge in [-0.15, -0.1) is 0 Å². The number of aliphatic hydroxyl groups excluding tert-OH is 1. The van der Waals surface area contributed by atoms with Crippen LogP contribution in [-0.4, -0.2) is 35.6 Å². The minimum Gasteiger partial charge on any atom is -0.396 e. The van der Waals surface area contributed by atoms with Gasteiger partial charge in [0, 0.05) is 32.0 Å². The van der Waals surface area contributed by atoms with Crippen LogP contribution in [0.4, 0.5) is 0 Å². The van der Waals surface area contributed by atoms with Gasteiger partial charge in [0.25, 0.3) is 0 Å². The van der Waals surface area contributed by atoms with Crippen molar-refractivity contribution in [3.8, 4) is 0 Å². The van der Waals surface area contributed by atoms with Crippen molar-refractivity contribution in [1.29, 1.82) is 0 Å². The largest absolute Gasteiger partial charge is 0.396 e. The summed E-state index contributed by atoms with van der Waals surface area (Å²) in [5.74, 6) is 0.701. The van der Waals surface area contributed by atoms with E-state index in [1.165, 1.54) is 0 Å². The predicted octanol–water partition coefficient (Wildman–Crippen LogP) is 0.237. The molecule has 1 aliphatic heterocycles. The Bertz CT molecular complexity index is 201. The summed E-state index contributed by atoms with van der Waals surface area (Å²) in [6, 6.07) is 0. The Labute approximate surface area is 72.4 Å². The van der Waals surface area contributed by atoms with Gasteiger partial charge in [0.1, 0.15) is 0 Å². The molecule has 1 saturated heterocycles. The smallest absolute Gasteiger partial charge is 0.219 e. The van der Waals surface area contributed by atoms with Crippen LogP contribution in [0.2, 0.25) is 0 Å². The molecule has 2 fully saturated rings. The van der Waals surface area contributed by atoms with E-state index < -0.39 is 0 Å². The third kappa shape index (κ3) is 1.04. The summed E-state index contributed by atoms with van der Waals surface area (Å²) in [5.41, 5.74) is 0.416. The van der Waals surface area contributed by atoms with Crippen molar-refractivity contribution < 1.29 is 9.90 Å². The van der Waals surface area contributed by atoms with Gasteiger partial charge in [-0.05, 0) is 18.8 Å². The number of aliphatic hydroxyl groups is 1. The molecule has 3 heteroatoms. The summed E-state index contributed by atoms with van der Waals surface area (Å²) in [6.45, 7) is 3.80. The van der Waals surface area contributed by atoms with Crippen molar-refractivity contribution in [1.82, 2.24) is 4.90 Å². The Morgan fingerprint density at radius 2 is 2.17 bits per heavy atom. The highest BCUT2D eigenvalue weighted by atomic mass is 16.3. The first-order valence-corrected chi connectivity index (χ1v) is 4.52. The zero-order valence-electron chi connectivity index (χ0n) is 7.42. The summed E-state index contributed by atoms with van der Waals surface area (Å²) in [7, 11) is 0. The second-order valence-corrected chi connectivity index (χ2v) is 4.33. The summed E-state index contributed by atoms with van der Waals surface area (Å²) in [4.78, 5) is 12.8. The van der Waals surface area contributed by atoms with Gasteiger partial charge in [-0.1, -0.05) is 0 Å². The number of likely N-dealkylation sites (tertiary alicyclic amines) is 1. The lowest BCUT2D eigenvalue weighted by Crippen LogP contribution is -2.63. The molecule has 0 aromatic heterocycles. The molecular weight excluding hydrogens is 154 g/mol. The number of carbonyl (C=O) groups excluding carboxylic acids is 1. The number of nitrogens with zero attached hydrogens (tertiary/aromatic N) is 1. The number of hydrogen-bond donors (Lipinski definition) is 1. The van der Waals surface area contributed by atoms with E-state index in [1.54, 1.807) is 6.92 Å². The molecule has 1 saturated carbocycles. The third-order valence-electron chi connectivity index (χ3n) is 3.20. The monoisotopic (exact) mass is 169 g/mol. The van der Waals surface area contributed by atoms with Crippen LogP contribution in [0.3, 0.4) is 0 Å². The molecule has 0 atom stereocenters. The van der Waals surface area contributed by atoms with E-state index in [0.717, 1.165) is 25.9 Å². The van der Waals surface area contributed by atoms with Crippen molar-refractivity contribution in [3.05, 3.63) is 0 Å². The van der Waals surface area contributed by atoms with Gasteiger partial charge in [0.2, 0.25) is 5.91 Å². The second-order valence-electron chi connectivity index (χ2n) is 4.33. The molecule has 1 spiro atoms. The summed E-state index contributed by atoms with van der Waals surface area (Å²) < 4.78 is 0. The van der Waals surface area contributed by atoms with Gasteiger partial charge in [0.15, 0.2) is 0 Å². The lowest BCUT2D eigenvalue weighted by Gasteiger charge is -2.58. The second kappa shape index (κ2) is 2.46. The average molecular weight is 169 g/mol. The van der Waals surface area contributed by atoms with E-state index >= 15 is 0 Å².